The quantitative estimate of drug-likeness (QED) is 0.495. The molecule has 3 aromatic rings. The Hall–Kier alpha value is -2.54. The first-order valence-corrected chi connectivity index (χ1v) is 12.1. The summed E-state index contributed by atoms with van der Waals surface area (Å²) in [5, 5.41) is -0.368. The van der Waals surface area contributed by atoms with Gasteiger partial charge in [-0.3, -0.25) is 4.98 Å². The summed E-state index contributed by atoms with van der Waals surface area (Å²) in [7, 11) is -4.47. The minimum absolute atomic E-state index is 0.0670. The molecule has 0 amide bonds. The zero-order chi connectivity index (χ0) is 24.3. The van der Waals surface area contributed by atoms with E-state index >= 15 is 4.39 Å². The van der Waals surface area contributed by atoms with E-state index in [0.717, 1.165) is 22.5 Å². The van der Waals surface area contributed by atoms with Gasteiger partial charge in [0, 0.05) is 31.6 Å². The molecule has 3 heterocycles. The van der Waals surface area contributed by atoms with Crippen LogP contribution in [0.25, 0.3) is 11.0 Å². The van der Waals surface area contributed by atoms with Gasteiger partial charge in [0.2, 0.25) is 10.0 Å². The molecular weight excluding hydrogens is 500 g/mol. The Labute approximate surface area is 197 Å². The fraction of sp³-hybridized carbons (Fsp3) is 0.333. The molecule has 2 fully saturated rings. The molecule has 2 aliphatic heterocycles. The van der Waals surface area contributed by atoms with Gasteiger partial charge < -0.3 is 9.64 Å². The predicted octanol–water partition coefficient (Wildman–Crippen LogP) is 3.67. The maximum atomic E-state index is 15.6. The first-order valence-electron chi connectivity index (χ1n) is 10.2. The van der Waals surface area contributed by atoms with Gasteiger partial charge in [0.15, 0.2) is 29.3 Å². The molecule has 1 spiro atoms. The number of sulfonamides is 1. The molecule has 0 radical (unpaired) electrons. The highest BCUT2D eigenvalue weighted by Gasteiger charge is 2.57. The van der Waals surface area contributed by atoms with Crippen LogP contribution in [0.5, 0.6) is 0 Å². The molecule has 0 aliphatic carbocycles. The lowest BCUT2D eigenvalue weighted by Gasteiger charge is -2.45. The van der Waals surface area contributed by atoms with Crippen molar-refractivity contribution in [3.63, 3.8) is 0 Å². The Morgan fingerprint density at radius 1 is 1.12 bits per heavy atom. The number of anilines is 1. The van der Waals surface area contributed by atoms with Crippen molar-refractivity contribution in [2.24, 2.45) is 0 Å². The van der Waals surface area contributed by atoms with Gasteiger partial charge in [-0.05, 0) is 12.1 Å². The molecule has 0 N–H and O–H groups in total. The summed E-state index contributed by atoms with van der Waals surface area (Å²) in [6, 6.07) is 5.39. The number of halogens is 5. The van der Waals surface area contributed by atoms with Crippen LogP contribution in [-0.2, 0) is 14.8 Å². The summed E-state index contributed by atoms with van der Waals surface area (Å²) in [6.07, 6.45) is -0.619. The van der Waals surface area contributed by atoms with Crippen LogP contribution in [0.2, 0.25) is 5.02 Å². The molecule has 7 nitrogen and oxygen atoms in total. The molecule has 1 aromatic heterocycles. The normalized spacial score (nSPS) is 23.8. The van der Waals surface area contributed by atoms with Crippen molar-refractivity contribution in [2.45, 2.75) is 23.2 Å². The van der Waals surface area contributed by atoms with Crippen molar-refractivity contribution in [1.82, 2.24) is 14.3 Å². The van der Waals surface area contributed by atoms with Crippen molar-refractivity contribution >= 4 is 38.5 Å². The number of hydrogen-bond donors (Lipinski definition) is 0. The molecule has 2 aromatic carbocycles. The topological polar surface area (TPSA) is 75.6 Å². The van der Waals surface area contributed by atoms with Gasteiger partial charge in [0.25, 0.3) is 0 Å². The van der Waals surface area contributed by atoms with E-state index in [2.05, 4.69) is 9.97 Å². The van der Waals surface area contributed by atoms with E-state index in [1.165, 1.54) is 23.2 Å². The zero-order valence-corrected chi connectivity index (χ0v) is 19.0. The molecule has 13 heteroatoms. The third-order valence-corrected chi connectivity index (χ3v) is 8.29. The zero-order valence-electron chi connectivity index (χ0n) is 17.4. The summed E-state index contributed by atoms with van der Waals surface area (Å²) >= 11 is 5.75. The molecule has 2 aliphatic rings. The summed E-state index contributed by atoms with van der Waals surface area (Å²) in [6.45, 7) is -0.417. The van der Waals surface area contributed by atoms with E-state index in [1.807, 2.05) is 0 Å². The summed E-state index contributed by atoms with van der Waals surface area (Å²) in [5.41, 5.74) is -1.61. The van der Waals surface area contributed by atoms with Gasteiger partial charge in [-0.15, -0.1) is 0 Å². The summed E-state index contributed by atoms with van der Waals surface area (Å²) < 4.78 is 90.2. The van der Waals surface area contributed by atoms with Crippen molar-refractivity contribution in [3.8, 4) is 0 Å². The molecule has 34 heavy (non-hydrogen) atoms. The maximum absolute atomic E-state index is 15.6. The number of rotatable bonds is 3. The highest BCUT2D eigenvalue weighted by Crippen LogP contribution is 2.41. The Balaban J connectivity index is 1.44. The number of ether oxygens (including phenoxy) is 1. The predicted molar refractivity (Wildman–Crippen MR) is 115 cm³/mol. The number of benzene rings is 2. The van der Waals surface area contributed by atoms with Gasteiger partial charge in [-0.25, -0.2) is 31.0 Å². The SMILES string of the molecule is O=S(=O)(c1cccc(Cl)c1F)N1CCO[C@]12CCN(c1cnc3cc(F)c(F)cc3n1)C[C@H]2F. The second-order valence-corrected chi connectivity index (χ2v) is 10.2. The lowest BCUT2D eigenvalue weighted by atomic mass is 9.98. The third kappa shape index (κ3) is 3.60. The van der Waals surface area contributed by atoms with Gasteiger partial charge >= 0.3 is 0 Å². The van der Waals surface area contributed by atoms with Gasteiger partial charge in [-0.1, -0.05) is 17.7 Å². The summed E-state index contributed by atoms with van der Waals surface area (Å²) in [5.74, 6) is -3.05. The van der Waals surface area contributed by atoms with Crippen molar-refractivity contribution in [2.75, 3.05) is 31.1 Å². The van der Waals surface area contributed by atoms with Crippen LogP contribution in [-0.4, -0.2) is 60.8 Å². The van der Waals surface area contributed by atoms with Gasteiger partial charge in [0.1, 0.15) is 10.7 Å². The van der Waals surface area contributed by atoms with Gasteiger partial charge in [0.05, 0.1) is 35.4 Å². The van der Waals surface area contributed by atoms with Crippen LogP contribution in [0.15, 0.2) is 41.4 Å². The number of fused-ring (bicyclic) bond motifs is 1. The number of alkyl halides is 1. The number of piperidine rings is 1. The molecular formula is C21H17ClF4N4O3S. The Morgan fingerprint density at radius 3 is 2.59 bits per heavy atom. The van der Waals surface area contributed by atoms with Crippen molar-refractivity contribution in [1.29, 1.82) is 0 Å². The maximum Gasteiger partial charge on any atom is 0.248 e. The van der Waals surface area contributed by atoms with Crippen LogP contribution in [0.1, 0.15) is 6.42 Å². The Bertz CT molecular complexity index is 1400. The molecule has 0 bridgehead atoms. The molecule has 2 atom stereocenters. The van der Waals surface area contributed by atoms with Crippen molar-refractivity contribution < 1.29 is 30.7 Å². The first kappa shape index (κ1) is 23.2. The second-order valence-electron chi connectivity index (χ2n) is 7.97. The van der Waals surface area contributed by atoms with Crippen LogP contribution >= 0.6 is 11.6 Å². The van der Waals surface area contributed by atoms with Crippen LogP contribution in [0, 0.1) is 17.5 Å². The van der Waals surface area contributed by atoms with E-state index in [9.17, 15) is 21.6 Å². The minimum atomic E-state index is -4.47. The summed E-state index contributed by atoms with van der Waals surface area (Å²) in [4.78, 5) is 9.15. The number of hydrogen-bond acceptors (Lipinski definition) is 6. The van der Waals surface area contributed by atoms with E-state index in [0.29, 0.717) is 0 Å². The number of aromatic nitrogens is 2. The molecule has 0 unspecified atom stereocenters. The average Bonchev–Trinajstić information content (AvgIpc) is 3.23. The van der Waals surface area contributed by atoms with E-state index in [4.69, 9.17) is 16.3 Å². The Morgan fingerprint density at radius 2 is 1.85 bits per heavy atom. The Kier molecular flexibility index (Phi) is 5.66. The van der Waals surface area contributed by atoms with Crippen LogP contribution in [0.3, 0.4) is 0 Å². The fourth-order valence-corrected chi connectivity index (χ4v) is 6.41. The number of nitrogens with zero attached hydrogens (tertiary/aromatic N) is 4. The van der Waals surface area contributed by atoms with Crippen LogP contribution < -0.4 is 4.90 Å². The monoisotopic (exact) mass is 516 g/mol. The second kappa shape index (κ2) is 8.29. The molecule has 5 rings (SSSR count). The average molecular weight is 517 g/mol. The largest absolute Gasteiger partial charge is 0.355 e. The fourth-order valence-electron chi connectivity index (χ4n) is 4.37. The van der Waals surface area contributed by atoms with E-state index in [1.54, 1.807) is 0 Å². The lowest BCUT2D eigenvalue weighted by Crippen LogP contribution is -2.62. The van der Waals surface area contributed by atoms with Crippen molar-refractivity contribution in [3.05, 3.63) is 59.0 Å². The standard InChI is InChI=1S/C21H17ClF4N4O3S/c22-12-2-1-3-17(20(12)26)34(31,32)30-6-7-33-21(30)4-5-29(11-18(21)25)19-10-27-15-8-13(23)14(24)9-16(15)28-19/h1-3,8-10,18H,4-7,11H2/t18-,21+/m1/s1. The minimum Gasteiger partial charge on any atom is -0.355 e. The third-order valence-electron chi connectivity index (χ3n) is 6.06. The highest BCUT2D eigenvalue weighted by atomic mass is 35.5. The molecule has 2 saturated heterocycles. The molecule has 0 saturated carbocycles. The van der Waals surface area contributed by atoms with Gasteiger partial charge in [-0.2, -0.15) is 4.31 Å². The highest BCUT2D eigenvalue weighted by molar-refractivity contribution is 7.89. The lowest BCUT2D eigenvalue weighted by molar-refractivity contribution is -0.116. The van der Waals surface area contributed by atoms with E-state index in [-0.39, 0.29) is 54.5 Å². The first-order chi connectivity index (χ1) is 16.1. The smallest absolute Gasteiger partial charge is 0.248 e. The molecule has 180 valence electrons. The van der Waals surface area contributed by atoms with Crippen LogP contribution in [0.4, 0.5) is 23.4 Å². The van der Waals surface area contributed by atoms with E-state index < -0.39 is 44.3 Å².